The highest BCUT2D eigenvalue weighted by Crippen LogP contribution is 2.37. The second-order valence-electron chi connectivity index (χ2n) is 7.15. The number of rotatable bonds is 5. The summed E-state index contributed by atoms with van der Waals surface area (Å²) in [6.45, 7) is 3.55. The smallest absolute Gasteiger partial charge is 0.265 e. The zero-order chi connectivity index (χ0) is 20.3. The number of nitrogens with one attached hydrogen (secondary N) is 1. The predicted octanol–water partition coefficient (Wildman–Crippen LogP) is 4.87. The van der Waals surface area contributed by atoms with Crippen molar-refractivity contribution < 1.29 is 14.3 Å². The van der Waals surface area contributed by atoms with Gasteiger partial charge in [0.05, 0.1) is 5.56 Å². The standard InChI is InChI=1S/C21H25ClN2O3S/c1-12-11-14(9-10-16(12)22)27-13(2)20(26)24-21-18(19(23)25)15-7-5-3-4-6-8-17(15)28-21/h9-11,13H,3-8H2,1-2H3,(H2,23,25)(H,24,26). The number of hydrogen-bond acceptors (Lipinski definition) is 4. The lowest BCUT2D eigenvalue weighted by Gasteiger charge is -2.15. The molecule has 28 heavy (non-hydrogen) atoms. The fourth-order valence-corrected chi connectivity index (χ4v) is 4.84. The van der Waals surface area contributed by atoms with Crippen molar-refractivity contribution >= 4 is 39.8 Å². The Morgan fingerprint density at radius 1 is 1.21 bits per heavy atom. The van der Waals surface area contributed by atoms with E-state index in [0.717, 1.165) is 48.1 Å². The van der Waals surface area contributed by atoms with Crippen LogP contribution in [0.4, 0.5) is 5.00 Å². The van der Waals surface area contributed by atoms with E-state index in [0.29, 0.717) is 21.3 Å². The Bertz CT molecular complexity index is 894. The van der Waals surface area contributed by atoms with Gasteiger partial charge in [-0.3, -0.25) is 9.59 Å². The Hall–Kier alpha value is -2.05. The van der Waals surface area contributed by atoms with Crippen molar-refractivity contribution in [3.63, 3.8) is 0 Å². The van der Waals surface area contributed by atoms with Crippen LogP contribution in [0.25, 0.3) is 0 Å². The minimum atomic E-state index is -0.731. The number of anilines is 1. The van der Waals surface area contributed by atoms with Gasteiger partial charge in [0.1, 0.15) is 10.8 Å². The lowest BCUT2D eigenvalue weighted by molar-refractivity contribution is -0.122. The van der Waals surface area contributed by atoms with Crippen molar-refractivity contribution in [1.82, 2.24) is 0 Å². The molecule has 0 saturated carbocycles. The number of carbonyl (C=O) groups excluding carboxylic acids is 2. The predicted molar refractivity (Wildman–Crippen MR) is 114 cm³/mol. The van der Waals surface area contributed by atoms with Gasteiger partial charge in [0.2, 0.25) is 0 Å². The van der Waals surface area contributed by atoms with Crippen molar-refractivity contribution in [1.29, 1.82) is 0 Å². The van der Waals surface area contributed by atoms with Gasteiger partial charge in [-0.05, 0) is 68.9 Å². The van der Waals surface area contributed by atoms with Crippen LogP contribution in [0.5, 0.6) is 5.75 Å². The second kappa shape index (κ2) is 8.97. The molecule has 1 atom stereocenters. The van der Waals surface area contributed by atoms with Gasteiger partial charge in [0.25, 0.3) is 11.8 Å². The lowest BCUT2D eigenvalue weighted by atomic mass is 9.96. The molecule has 0 saturated heterocycles. The first-order valence-corrected chi connectivity index (χ1v) is 10.7. The fraction of sp³-hybridized carbons (Fsp3) is 0.429. The van der Waals surface area contributed by atoms with Crippen molar-refractivity contribution in [2.75, 3.05) is 5.32 Å². The number of benzene rings is 1. The average Bonchev–Trinajstić information content (AvgIpc) is 2.94. The molecule has 1 unspecified atom stereocenters. The summed E-state index contributed by atoms with van der Waals surface area (Å²) >= 11 is 7.49. The summed E-state index contributed by atoms with van der Waals surface area (Å²) in [6.07, 6.45) is 5.49. The summed E-state index contributed by atoms with van der Waals surface area (Å²) < 4.78 is 5.74. The van der Waals surface area contributed by atoms with E-state index in [1.54, 1.807) is 25.1 Å². The highest BCUT2D eigenvalue weighted by Gasteiger charge is 2.25. The molecular formula is C21H25ClN2O3S. The molecule has 0 spiro atoms. The Balaban J connectivity index is 1.78. The zero-order valence-corrected chi connectivity index (χ0v) is 17.7. The topological polar surface area (TPSA) is 81.4 Å². The maximum Gasteiger partial charge on any atom is 0.265 e. The van der Waals surface area contributed by atoms with Gasteiger partial charge in [-0.1, -0.05) is 24.4 Å². The van der Waals surface area contributed by atoms with E-state index < -0.39 is 12.0 Å². The monoisotopic (exact) mass is 420 g/mol. The van der Waals surface area contributed by atoms with Gasteiger partial charge >= 0.3 is 0 Å². The number of primary amides is 1. The molecule has 1 aliphatic carbocycles. The number of fused-ring (bicyclic) bond motifs is 1. The Morgan fingerprint density at radius 2 is 1.93 bits per heavy atom. The van der Waals surface area contributed by atoms with Gasteiger partial charge < -0.3 is 15.8 Å². The van der Waals surface area contributed by atoms with Crippen molar-refractivity contribution in [2.24, 2.45) is 5.73 Å². The van der Waals surface area contributed by atoms with E-state index in [2.05, 4.69) is 5.32 Å². The third-order valence-corrected chi connectivity index (χ3v) is 6.60. The molecule has 3 rings (SSSR count). The molecule has 2 amide bonds. The first kappa shape index (κ1) is 20.7. The average molecular weight is 421 g/mol. The zero-order valence-electron chi connectivity index (χ0n) is 16.1. The quantitative estimate of drug-likeness (QED) is 0.723. The summed E-state index contributed by atoms with van der Waals surface area (Å²) in [5.74, 6) is -0.238. The molecule has 1 aromatic carbocycles. The van der Waals surface area contributed by atoms with E-state index in [1.165, 1.54) is 17.8 Å². The maximum atomic E-state index is 12.7. The van der Waals surface area contributed by atoms with Crippen LogP contribution in [0.15, 0.2) is 18.2 Å². The van der Waals surface area contributed by atoms with E-state index in [9.17, 15) is 9.59 Å². The molecule has 1 aliphatic rings. The largest absolute Gasteiger partial charge is 0.481 e. The Kier molecular flexibility index (Phi) is 6.62. The molecule has 1 heterocycles. The van der Waals surface area contributed by atoms with Crippen molar-refractivity contribution in [2.45, 2.75) is 58.5 Å². The van der Waals surface area contributed by atoms with Gasteiger partial charge in [-0.25, -0.2) is 0 Å². The first-order valence-electron chi connectivity index (χ1n) is 9.55. The molecule has 2 aromatic rings. The van der Waals surface area contributed by atoms with Crippen LogP contribution in [-0.4, -0.2) is 17.9 Å². The highest BCUT2D eigenvalue weighted by atomic mass is 35.5. The normalized spacial score (nSPS) is 15.1. The maximum absolute atomic E-state index is 12.7. The molecule has 150 valence electrons. The van der Waals surface area contributed by atoms with Gasteiger partial charge in [0.15, 0.2) is 6.10 Å². The Labute approximate surface area is 174 Å². The molecule has 3 N–H and O–H groups in total. The fourth-order valence-electron chi connectivity index (χ4n) is 3.43. The number of nitrogens with two attached hydrogens (primary N) is 1. The van der Waals surface area contributed by atoms with E-state index in [1.807, 2.05) is 6.92 Å². The number of thiophene rings is 1. The van der Waals surface area contributed by atoms with Crippen LogP contribution in [0.2, 0.25) is 5.02 Å². The summed E-state index contributed by atoms with van der Waals surface area (Å²) in [6, 6.07) is 5.25. The number of ether oxygens (including phenoxy) is 1. The summed E-state index contributed by atoms with van der Waals surface area (Å²) in [5.41, 5.74) is 8.00. The molecule has 5 nitrogen and oxygen atoms in total. The number of amides is 2. The van der Waals surface area contributed by atoms with E-state index in [-0.39, 0.29) is 5.91 Å². The number of carbonyl (C=O) groups is 2. The minimum absolute atomic E-state index is 0.315. The molecular weight excluding hydrogens is 396 g/mol. The van der Waals surface area contributed by atoms with Gasteiger partial charge in [0, 0.05) is 9.90 Å². The molecule has 1 aromatic heterocycles. The van der Waals surface area contributed by atoms with Crippen LogP contribution >= 0.6 is 22.9 Å². The van der Waals surface area contributed by atoms with Crippen LogP contribution < -0.4 is 15.8 Å². The third-order valence-electron chi connectivity index (χ3n) is 4.97. The molecule has 0 fully saturated rings. The van der Waals surface area contributed by atoms with Crippen LogP contribution in [0.3, 0.4) is 0 Å². The van der Waals surface area contributed by atoms with E-state index >= 15 is 0 Å². The first-order chi connectivity index (χ1) is 13.4. The molecule has 0 radical (unpaired) electrons. The van der Waals surface area contributed by atoms with Gasteiger partial charge in [-0.2, -0.15) is 0 Å². The van der Waals surface area contributed by atoms with Crippen molar-refractivity contribution in [3.8, 4) is 5.75 Å². The Morgan fingerprint density at radius 3 is 2.61 bits per heavy atom. The summed E-state index contributed by atoms with van der Waals surface area (Å²) in [4.78, 5) is 25.9. The number of halogens is 1. The summed E-state index contributed by atoms with van der Waals surface area (Å²) in [7, 11) is 0. The van der Waals surface area contributed by atoms with Crippen molar-refractivity contribution in [3.05, 3.63) is 44.8 Å². The van der Waals surface area contributed by atoms with Crippen LogP contribution in [0, 0.1) is 6.92 Å². The second-order valence-corrected chi connectivity index (χ2v) is 8.66. The third kappa shape index (κ3) is 4.67. The minimum Gasteiger partial charge on any atom is -0.481 e. The highest BCUT2D eigenvalue weighted by molar-refractivity contribution is 7.17. The lowest BCUT2D eigenvalue weighted by Crippen LogP contribution is -2.30. The summed E-state index contributed by atoms with van der Waals surface area (Å²) in [5, 5.41) is 4.04. The SMILES string of the molecule is Cc1cc(OC(C)C(=O)Nc2sc3c(c2C(N)=O)CCCCCC3)ccc1Cl. The van der Waals surface area contributed by atoms with Crippen LogP contribution in [-0.2, 0) is 17.6 Å². The number of hydrogen-bond donors (Lipinski definition) is 2. The number of aryl methyl sites for hydroxylation is 2. The molecule has 0 bridgehead atoms. The van der Waals surface area contributed by atoms with Gasteiger partial charge in [-0.15, -0.1) is 11.3 Å². The van der Waals surface area contributed by atoms with Crippen LogP contribution in [0.1, 0.15) is 59.0 Å². The molecule has 0 aliphatic heterocycles. The molecule has 7 heteroatoms. The van der Waals surface area contributed by atoms with E-state index in [4.69, 9.17) is 22.1 Å².